The van der Waals surface area contributed by atoms with E-state index in [0.717, 1.165) is 5.69 Å². The summed E-state index contributed by atoms with van der Waals surface area (Å²) in [5.74, 6) is 0. The maximum Gasteiger partial charge on any atom is 0.321 e. The normalized spacial score (nSPS) is 13.8. The molecule has 2 amide bonds. The number of piperazine rings is 1. The van der Waals surface area contributed by atoms with Crippen molar-refractivity contribution < 1.29 is 9.72 Å². The lowest BCUT2D eigenvalue weighted by atomic mass is 10.2. The van der Waals surface area contributed by atoms with Crippen molar-refractivity contribution in [2.45, 2.75) is 0 Å². The van der Waals surface area contributed by atoms with E-state index in [4.69, 9.17) is 16.9 Å². The first-order chi connectivity index (χ1) is 13.0. The highest BCUT2D eigenvalue weighted by Crippen LogP contribution is 2.22. The number of carbonyl (C=O) groups is 1. The van der Waals surface area contributed by atoms with Crippen LogP contribution < -0.4 is 10.2 Å². The third-order valence-electron chi connectivity index (χ3n) is 4.33. The minimum atomic E-state index is -0.429. The molecule has 27 heavy (non-hydrogen) atoms. The Kier molecular flexibility index (Phi) is 5.43. The molecule has 9 heteroatoms. The monoisotopic (exact) mass is 385 g/mol. The van der Waals surface area contributed by atoms with Gasteiger partial charge in [-0.15, -0.1) is 0 Å². The second-order valence-electron chi connectivity index (χ2n) is 5.98. The van der Waals surface area contributed by atoms with Crippen LogP contribution in [-0.4, -0.2) is 42.0 Å². The highest BCUT2D eigenvalue weighted by atomic mass is 35.5. The number of nitrogens with one attached hydrogen (secondary N) is 1. The molecule has 0 bridgehead atoms. The quantitative estimate of drug-likeness (QED) is 0.643. The third-order valence-corrected chi connectivity index (χ3v) is 4.65. The lowest BCUT2D eigenvalue weighted by molar-refractivity contribution is -0.384. The first-order valence-corrected chi connectivity index (χ1v) is 8.60. The molecule has 138 valence electrons. The number of nitrogens with zero attached hydrogens (tertiary/aromatic N) is 4. The number of non-ortho nitro benzene ring substituents is 1. The predicted octanol–water partition coefficient (Wildman–Crippen LogP) is 3.47. The minimum absolute atomic E-state index is 0.0536. The Hall–Kier alpha value is -3.31. The van der Waals surface area contributed by atoms with Gasteiger partial charge in [0.15, 0.2) is 0 Å². The Labute approximate surface area is 160 Å². The smallest absolute Gasteiger partial charge is 0.321 e. The number of carbonyl (C=O) groups excluding carboxylic acids is 1. The number of nitro groups is 1. The molecule has 0 saturated carbocycles. The molecule has 2 aromatic rings. The summed E-state index contributed by atoms with van der Waals surface area (Å²) in [6.45, 7) is 2.29. The minimum Gasteiger partial charge on any atom is -0.368 e. The number of nitriles is 1. The Morgan fingerprint density at radius 3 is 2.37 bits per heavy atom. The van der Waals surface area contributed by atoms with Gasteiger partial charge < -0.3 is 15.1 Å². The fraction of sp³-hybridized carbons (Fsp3) is 0.222. The van der Waals surface area contributed by atoms with Gasteiger partial charge in [0.2, 0.25) is 0 Å². The van der Waals surface area contributed by atoms with Crippen LogP contribution in [0.15, 0.2) is 42.5 Å². The number of rotatable bonds is 3. The van der Waals surface area contributed by atoms with Crippen molar-refractivity contribution in [2.24, 2.45) is 0 Å². The summed E-state index contributed by atoms with van der Waals surface area (Å²) in [5.41, 5.74) is 1.82. The number of anilines is 2. The Morgan fingerprint density at radius 2 is 1.81 bits per heavy atom. The van der Waals surface area contributed by atoms with Crippen LogP contribution in [0.5, 0.6) is 0 Å². The summed E-state index contributed by atoms with van der Waals surface area (Å²) in [6, 6.07) is 12.9. The third kappa shape index (κ3) is 4.27. The van der Waals surface area contributed by atoms with Crippen molar-refractivity contribution in [1.29, 1.82) is 5.26 Å². The molecule has 0 spiro atoms. The summed E-state index contributed by atoms with van der Waals surface area (Å²) >= 11 is 5.98. The van der Waals surface area contributed by atoms with E-state index in [9.17, 15) is 14.9 Å². The van der Waals surface area contributed by atoms with E-state index in [1.807, 2.05) is 6.07 Å². The summed E-state index contributed by atoms with van der Waals surface area (Å²) in [6.07, 6.45) is 0. The van der Waals surface area contributed by atoms with E-state index in [1.54, 1.807) is 35.2 Å². The van der Waals surface area contributed by atoms with Crippen LogP contribution in [0, 0.1) is 21.4 Å². The van der Waals surface area contributed by atoms with Gasteiger partial charge in [0.25, 0.3) is 5.69 Å². The molecular formula is C18H16ClN5O3. The van der Waals surface area contributed by atoms with Crippen LogP contribution in [-0.2, 0) is 0 Å². The molecule has 0 aromatic heterocycles. The number of hydrogen-bond donors (Lipinski definition) is 1. The standard InChI is InChI=1S/C18H16ClN5O3/c19-17-11-14(2-1-13(17)12-20)21-18(25)23-9-7-22(8-10-23)15-3-5-16(6-4-15)24(26)27/h1-6,11H,7-10H2,(H,21,25). The van der Waals surface area contributed by atoms with Crippen molar-refractivity contribution in [3.8, 4) is 6.07 Å². The number of hydrogen-bond acceptors (Lipinski definition) is 5. The molecule has 0 atom stereocenters. The number of halogens is 1. The Bertz CT molecular complexity index is 902. The zero-order valence-corrected chi connectivity index (χ0v) is 15.0. The van der Waals surface area contributed by atoms with Gasteiger partial charge in [-0.05, 0) is 30.3 Å². The van der Waals surface area contributed by atoms with E-state index >= 15 is 0 Å². The van der Waals surface area contributed by atoms with Crippen LogP contribution in [0.3, 0.4) is 0 Å². The first-order valence-electron chi connectivity index (χ1n) is 8.23. The van der Waals surface area contributed by atoms with Crippen LogP contribution >= 0.6 is 11.6 Å². The zero-order valence-electron chi connectivity index (χ0n) is 14.3. The molecule has 2 aromatic carbocycles. The Morgan fingerprint density at radius 1 is 1.15 bits per heavy atom. The summed E-state index contributed by atoms with van der Waals surface area (Å²) in [5, 5.41) is 22.7. The van der Waals surface area contributed by atoms with Gasteiger partial charge in [0.1, 0.15) is 6.07 Å². The Balaban J connectivity index is 1.57. The van der Waals surface area contributed by atoms with Gasteiger partial charge in [-0.1, -0.05) is 11.6 Å². The zero-order chi connectivity index (χ0) is 19.4. The number of nitro benzene ring substituents is 1. The van der Waals surface area contributed by atoms with Gasteiger partial charge in [-0.2, -0.15) is 5.26 Å². The average molecular weight is 386 g/mol. The summed E-state index contributed by atoms with van der Waals surface area (Å²) in [7, 11) is 0. The predicted molar refractivity (Wildman–Crippen MR) is 102 cm³/mol. The van der Waals surface area contributed by atoms with E-state index < -0.39 is 4.92 Å². The fourth-order valence-corrected chi connectivity index (χ4v) is 3.06. The molecule has 1 saturated heterocycles. The number of amides is 2. The van der Waals surface area contributed by atoms with Crippen LogP contribution in [0.2, 0.25) is 5.02 Å². The van der Waals surface area contributed by atoms with Gasteiger partial charge in [-0.3, -0.25) is 10.1 Å². The molecule has 1 aliphatic rings. The largest absolute Gasteiger partial charge is 0.368 e. The molecule has 0 radical (unpaired) electrons. The second kappa shape index (κ2) is 7.93. The maximum atomic E-state index is 12.4. The van der Waals surface area contributed by atoms with Crippen molar-refractivity contribution in [3.05, 3.63) is 63.2 Å². The summed E-state index contributed by atoms with van der Waals surface area (Å²) < 4.78 is 0. The topological polar surface area (TPSA) is 103 Å². The molecule has 1 N–H and O–H groups in total. The molecule has 3 rings (SSSR count). The number of benzene rings is 2. The van der Waals surface area contributed by atoms with Crippen molar-refractivity contribution in [2.75, 3.05) is 36.4 Å². The van der Waals surface area contributed by atoms with Gasteiger partial charge in [0, 0.05) is 49.7 Å². The molecule has 8 nitrogen and oxygen atoms in total. The molecule has 1 aliphatic heterocycles. The molecule has 1 fully saturated rings. The summed E-state index contributed by atoms with van der Waals surface area (Å²) in [4.78, 5) is 26.5. The highest BCUT2D eigenvalue weighted by molar-refractivity contribution is 6.32. The van der Waals surface area contributed by atoms with E-state index in [2.05, 4.69) is 10.2 Å². The lowest BCUT2D eigenvalue weighted by Gasteiger charge is -2.36. The van der Waals surface area contributed by atoms with E-state index in [1.165, 1.54) is 12.1 Å². The highest BCUT2D eigenvalue weighted by Gasteiger charge is 2.22. The van der Waals surface area contributed by atoms with Gasteiger partial charge >= 0.3 is 6.03 Å². The van der Waals surface area contributed by atoms with Crippen molar-refractivity contribution in [3.63, 3.8) is 0 Å². The molecular weight excluding hydrogens is 370 g/mol. The molecule has 0 aliphatic carbocycles. The van der Waals surface area contributed by atoms with Crippen LogP contribution in [0.1, 0.15) is 5.56 Å². The van der Waals surface area contributed by atoms with E-state index in [-0.39, 0.29) is 11.7 Å². The van der Waals surface area contributed by atoms with Crippen LogP contribution in [0.4, 0.5) is 21.9 Å². The van der Waals surface area contributed by atoms with Crippen LogP contribution in [0.25, 0.3) is 0 Å². The molecule has 0 unspecified atom stereocenters. The van der Waals surface area contributed by atoms with E-state index in [0.29, 0.717) is 42.5 Å². The molecule has 1 heterocycles. The van der Waals surface area contributed by atoms with Crippen molar-refractivity contribution >= 4 is 34.7 Å². The maximum absolute atomic E-state index is 12.4. The lowest BCUT2D eigenvalue weighted by Crippen LogP contribution is -2.50. The fourth-order valence-electron chi connectivity index (χ4n) is 2.84. The first kappa shape index (κ1) is 18.5. The second-order valence-corrected chi connectivity index (χ2v) is 6.39. The SMILES string of the molecule is N#Cc1ccc(NC(=O)N2CCN(c3ccc([N+](=O)[O-])cc3)CC2)cc1Cl. The van der Waals surface area contributed by atoms with Gasteiger partial charge in [-0.25, -0.2) is 4.79 Å². The van der Waals surface area contributed by atoms with Gasteiger partial charge in [0.05, 0.1) is 15.5 Å². The average Bonchev–Trinajstić information content (AvgIpc) is 2.68. The number of urea groups is 1. The van der Waals surface area contributed by atoms with Crippen molar-refractivity contribution in [1.82, 2.24) is 4.90 Å².